The van der Waals surface area contributed by atoms with Gasteiger partial charge < -0.3 is 20.0 Å². The van der Waals surface area contributed by atoms with Crippen LogP contribution in [0, 0.1) is 11.3 Å². The van der Waals surface area contributed by atoms with Gasteiger partial charge in [-0.15, -0.1) is 5.10 Å². The zero-order chi connectivity index (χ0) is 41.0. The lowest BCUT2D eigenvalue weighted by Gasteiger charge is -2.35. The molecule has 58 heavy (non-hydrogen) atoms. The molecule has 0 spiro atoms. The maximum Gasteiger partial charge on any atom is 0.316 e. The molecule has 4 aromatic rings. The molecular weight excluding hydrogens is 773 g/mol. The number of alkyl halides is 2. The molecule has 4 aliphatic rings. The summed E-state index contributed by atoms with van der Waals surface area (Å²) in [7, 11) is -4.12. The summed E-state index contributed by atoms with van der Waals surface area (Å²) in [6.07, 6.45) is 1.18. The van der Waals surface area contributed by atoms with Crippen LogP contribution in [0.2, 0.25) is 0 Å². The number of fused-ring (bicyclic) bond motifs is 10. The second kappa shape index (κ2) is 15.2. The third-order valence-electron chi connectivity index (χ3n) is 11.5. The van der Waals surface area contributed by atoms with Crippen LogP contribution in [0.4, 0.5) is 14.8 Å². The third-order valence-corrected chi connectivity index (χ3v) is 13.4. The lowest BCUT2D eigenvalue weighted by Crippen LogP contribution is -2.59. The first-order chi connectivity index (χ1) is 27.6. The highest BCUT2D eigenvalue weighted by Gasteiger charge is 2.67. The van der Waals surface area contributed by atoms with Gasteiger partial charge in [-0.1, -0.05) is 80.8 Å². The highest BCUT2D eigenvalue weighted by molar-refractivity contribution is 7.91. The minimum atomic E-state index is -4.12. The molecule has 0 unspecified atom stereocenters. The van der Waals surface area contributed by atoms with Crippen molar-refractivity contribution in [1.29, 1.82) is 0 Å². The second-order valence-electron chi connectivity index (χ2n) is 17.0. The van der Waals surface area contributed by atoms with Gasteiger partial charge in [0.05, 0.1) is 17.2 Å². The number of halogens is 2. The van der Waals surface area contributed by atoms with E-state index in [1.165, 1.54) is 9.70 Å². The van der Waals surface area contributed by atoms with Gasteiger partial charge in [-0.2, -0.15) is 15.0 Å². The Kier molecular flexibility index (Phi) is 10.3. The Morgan fingerprint density at radius 3 is 2.36 bits per heavy atom. The molecule has 8 bridgehead atoms. The molecule has 8 rings (SSSR count). The molecule has 3 amide bonds. The van der Waals surface area contributed by atoms with Gasteiger partial charge >= 0.3 is 6.01 Å². The molecule has 2 aromatic carbocycles. The third kappa shape index (κ3) is 7.94. The van der Waals surface area contributed by atoms with Crippen LogP contribution in [0.5, 0.6) is 0 Å². The van der Waals surface area contributed by atoms with Crippen molar-refractivity contribution in [1.82, 2.24) is 40.1 Å². The molecule has 3 N–H and O–H groups in total. The summed E-state index contributed by atoms with van der Waals surface area (Å²) in [5.74, 6) is -3.84. The van der Waals surface area contributed by atoms with E-state index in [9.17, 15) is 31.6 Å². The number of hydrogen-bond donors (Lipinski definition) is 3. The number of amides is 3. The van der Waals surface area contributed by atoms with Crippen molar-refractivity contribution in [2.45, 2.75) is 114 Å². The number of carbonyl (C=O) groups excluding carboxylic acids is 3. The van der Waals surface area contributed by atoms with E-state index in [1.807, 2.05) is 68.0 Å². The zero-order valence-electron chi connectivity index (χ0n) is 32.5. The minimum absolute atomic E-state index is 0.0300. The highest BCUT2D eigenvalue weighted by atomic mass is 32.2. The standard InChI is InChI=1S/C40H47F2N9O6S/c1-39(2,3)33-36(53)50-22-26(20-29(50)35(52)44-40(21-28(40)34(41)42)37(54)49-58(55,56)27-17-18-27)51-47-31(24-13-7-5-8-14-24)32(48-51)25-15-10-12-23(19-25)11-6-4-9-16-30-45-46-38(43-33)57-30/h5,7-8,10,12-15,19,26-29,33-34H,4,6,9,11,16-18,20-22H2,1-3H3,(H,43,46)(H,44,52)(H,49,54)/t26-,28+,29+,33-,40-/m1/s1. The smallest absolute Gasteiger partial charge is 0.316 e. The number of anilines is 1. The Morgan fingerprint density at radius 2 is 1.67 bits per heavy atom. The molecular formula is C40H47F2N9O6S. The van der Waals surface area contributed by atoms with Crippen LogP contribution in [-0.2, 0) is 37.2 Å². The molecule has 308 valence electrons. The van der Waals surface area contributed by atoms with Crippen LogP contribution >= 0.6 is 0 Å². The normalized spacial score (nSPS) is 25.2. The Labute approximate surface area is 334 Å². The van der Waals surface area contributed by atoms with E-state index in [4.69, 9.17) is 14.6 Å². The second-order valence-corrected chi connectivity index (χ2v) is 18.9. The Bertz CT molecular complexity index is 2310. The van der Waals surface area contributed by atoms with Gasteiger partial charge in [0.1, 0.15) is 29.0 Å². The van der Waals surface area contributed by atoms with E-state index in [2.05, 4.69) is 33.0 Å². The Morgan fingerprint density at radius 1 is 0.966 bits per heavy atom. The van der Waals surface area contributed by atoms with Gasteiger partial charge in [-0.05, 0) is 55.6 Å². The lowest BCUT2D eigenvalue weighted by atomic mass is 9.85. The number of aryl methyl sites for hydroxylation is 2. The Balaban J connectivity index is 1.19. The van der Waals surface area contributed by atoms with Crippen molar-refractivity contribution in [3.63, 3.8) is 0 Å². The zero-order valence-corrected chi connectivity index (χ0v) is 33.3. The predicted octanol–water partition coefficient (Wildman–Crippen LogP) is 4.68. The molecule has 2 saturated carbocycles. The van der Waals surface area contributed by atoms with E-state index in [0.29, 0.717) is 36.5 Å². The van der Waals surface area contributed by atoms with Crippen molar-refractivity contribution in [3.8, 4) is 22.5 Å². The molecule has 0 radical (unpaired) electrons. The van der Waals surface area contributed by atoms with Crippen LogP contribution in [0.1, 0.15) is 83.2 Å². The average molecular weight is 820 g/mol. The van der Waals surface area contributed by atoms with Crippen LogP contribution < -0.4 is 15.4 Å². The molecule has 4 heterocycles. The van der Waals surface area contributed by atoms with Gasteiger partial charge in [0.2, 0.25) is 34.2 Å². The van der Waals surface area contributed by atoms with E-state index >= 15 is 0 Å². The summed E-state index contributed by atoms with van der Waals surface area (Å²) >= 11 is 0. The molecule has 2 aliphatic carbocycles. The number of aromatic nitrogens is 5. The van der Waals surface area contributed by atoms with Crippen LogP contribution in [0.3, 0.4) is 0 Å². The van der Waals surface area contributed by atoms with Gasteiger partial charge in [0, 0.05) is 30.5 Å². The minimum Gasteiger partial charge on any atom is -0.408 e. The maximum atomic E-state index is 14.8. The van der Waals surface area contributed by atoms with Gasteiger partial charge in [0.25, 0.3) is 5.91 Å². The molecule has 1 saturated heterocycles. The fourth-order valence-electron chi connectivity index (χ4n) is 7.99. The first kappa shape index (κ1) is 39.6. The summed E-state index contributed by atoms with van der Waals surface area (Å²) in [6.45, 7) is 5.44. The van der Waals surface area contributed by atoms with Crippen molar-refractivity contribution < 1.29 is 36.0 Å². The molecule has 15 nitrogen and oxygen atoms in total. The molecule has 18 heteroatoms. The van der Waals surface area contributed by atoms with E-state index in [1.54, 1.807) is 0 Å². The van der Waals surface area contributed by atoms with Crippen molar-refractivity contribution in [2.24, 2.45) is 11.3 Å². The summed E-state index contributed by atoms with van der Waals surface area (Å²) in [5.41, 5.74) is 1.02. The number of nitrogens with zero attached hydrogens (tertiary/aromatic N) is 6. The topological polar surface area (TPSA) is 194 Å². The number of carbonyl (C=O) groups is 3. The maximum absolute atomic E-state index is 14.8. The fraction of sp³-hybridized carbons (Fsp3) is 0.525. The van der Waals surface area contributed by atoms with Crippen LogP contribution in [0.15, 0.2) is 59.0 Å². The monoisotopic (exact) mass is 819 g/mol. The molecule has 3 fully saturated rings. The van der Waals surface area contributed by atoms with Gasteiger partial charge in [-0.25, -0.2) is 17.2 Å². The van der Waals surface area contributed by atoms with E-state index < -0.39 is 80.8 Å². The summed E-state index contributed by atoms with van der Waals surface area (Å²) in [6, 6.07) is 14.7. The number of nitrogens with one attached hydrogen (secondary N) is 3. The first-order valence-corrected chi connectivity index (χ1v) is 21.3. The van der Waals surface area contributed by atoms with Gasteiger partial charge in [0.15, 0.2) is 0 Å². The number of benzene rings is 2. The SMILES string of the molecule is CC(C)(C)[C@@H]1Nc2nnc(o2)CCCCCc2cccc(c2)-c2nn(nc2-c2ccccc2)[C@@H]2C[C@@H](C(=O)N[C@]3(C(=O)NS(=O)(=O)C4CC4)C[C@H]3C(F)F)N(C2)C1=O. The van der Waals surface area contributed by atoms with Crippen LogP contribution in [0.25, 0.3) is 22.5 Å². The molecule has 2 aromatic heterocycles. The van der Waals surface area contributed by atoms with Crippen molar-refractivity contribution in [2.75, 3.05) is 11.9 Å². The van der Waals surface area contributed by atoms with Crippen LogP contribution in [-0.4, -0.2) is 92.1 Å². The van der Waals surface area contributed by atoms with Crippen molar-refractivity contribution >= 4 is 33.8 Å². The number of hydrogen-bond acceptors (Lipinski definition) is 11. The largest absolute Gasteiger partial charge is 0.408 e. The molecule has 5 atom stereocenters. The van der Waals surface area contributed by atoms with Crippen molar-refractivity contribution in [3.05, 3.63) is 66.1 Å². The summed E-state index contributed by atoms with van der Waals surface area (Å²) < 4.78 is 61.9. The molecule has 2 aliphatic heterocycles. The summed E-state index contributed by atoms with van der Waals surface area (Å²) in [4.78, 5) is 45.7. The lowest BCUT2D eigenvalue weighted by molar-refractivity contribution is -0.141. The van der Waals surface area contributed by atoms with E-state index in [0.717, 1.165) is 42.4 Å². The summed E-state index contributed by atoms with van der Waals surface area (Å²) in [5, 5.41) is 23.1. The fourth-order valence-corrected chi connectivity index (χ4v) is 9.35. The number of rotatable bonds is 7. The first-order valence-electron chi connectivity index (χ1n) is 19.8. The Hall–Kier alpha value is -5.26. The van der Waals surface area contributed by atoms with Gasteiger partial charge in [-0.3, -0.25) is 19.1 Å². The average Bonchev–Trinajstić information content (AvgIpc) is 4.01. The van der Waals surface area contributed by atoms with E-state index in [-0.39, 0.29) is 19.0 Å². The quantitative estimate of drug-likeness (QED) is 0.234. The number of sulfonamides is 1. The predicted molar refractivity (Wildman–Crippen MR) is 208 cm³/mol. The highest BCUT2D eigenvalue weighted by Crippen LogP contribution is 2.49.